The number of nitrogens with one attached hydrogen (secondary N) is 1. The molecule has 1 rings (SSSR count). The van der Waals surface area contributed by atoms with Crippen LogP contribution in [-0.4, -0.2) is 18.7 Å². The topological polar surface area (TPSA) is 38.3 Å². The van der Waals surface area contributed by atoms with Crippen LogP contribution in [-0.2, 0) is 4.74 Å². The van der Waals surface area contributed by atoms with Crippen LogP contribution in [0.3, 0.4) is 0 Å². The normalized spacial score (nSPS) is 26.3. The van der Waals surface area contributed by atoms with Crippen LogP contribution < -0.4 is 5.32 Å². The van der Waals surface area contributed by atoms with E-state index in [1.165, 1.54) is 0 Å². The summed E-state index contributed by atoms with van der Waals surface area (Å²) in [4.78, 5) is 10.4. The van der Waals surface area contributed by atoms with Gasteiger partial charge in [-0.2, -0.15) is 0 Å². The first-order valence-electron chi connectivity index (χ1n) is 2.90. The van der Waals surface area contributed by atoms with Gasteiger partial charge in [-0.3, -0.25) is 0 Å². The molecule has 0 saturated carbocycles. The lowest BCUT2D eigenvalue weighted by Gasteiger charge is -1.96. The second-order valence-corrected chi connectivity index (χ2v) is 1.85. The highest BCUT2D eigenvalue weighted by molar-refractivity contribution is 5.69. The maximum Gasteiger partial charge on any atom is 0.407 e. The number of cyclic esters (lactones) is 1. The predicted molar refractivity (Wildman–Crippen MR) is 33.1 cm³/mol. The van der Waals surface area contributed by atoms with Gasteiger partial charge in [0.25, 0.3) is 0 Å². The fraction of sp³-hybridized carbons (Fsp3) is 0.500. The molecule has 1 atom stereocenters. The first-order chi connectivity index (χ1) is 4.33. The molecule has 1 saturated heterocycles. The van der Waals surface area contributed by atoms with Gasteiger partial charge in [-0.1, -0.05) is 6.08 Å². The average Bonchev–Trinajstić information content (AvgIpc) is 2.17. The second-order valence-electron chi connectivity index (χ2n) is 1.85. The van der Waals surface area contributed by atoms with Crippen molar-refractivity contribution in [1.82, 2.24) is 5.32 Å². The molecule has 1 aliphatic heterocycles. The van der Waals surface area contributed by atoms with Crippen molar-refractivity contribution in [2.75, 3.05) is 6.54 Å². The zero-order valence-electron chi connectivity index (χ0n) is 5.26. The van der Waals surface area contributed by atoms with Crippen molar-refractivity contribution < 1.29 is 9.53 Å². The Morgan fingerprint density at radius 1 is 1.89 bits per heavy atom. The maximum atomic E-state index is 10.4. The Labute approximate surface area is 53.7 Å². The molecule has 1 N–H and O–H groups in total. The maximum absolute atomic E-state index is 10.4. The molecule has 0 aromatic rings. The molecule has 0 aromatic heterocycles. The third-order valence-corrected chi connectivity index (χ3v) is 1.11. The minimum absolute atomic E-state index is 0.0532. The molecule has 0 radical (unpaired) electrons. The number of amides is 1. The number of hydrogen-bond donors (Lipinski definition) is 1. The Kier molecular flexibility index (Phi) is 1.72. The molecule has 0 aliphatic carbocycles. The summed E-state index contributed by atoms with van der Waals surface area (Å²) in [6.45, 7) is 2.50. The van der Waals surface area contributed by atoms with E-state index in [-0.39, 0.29) is 12.2 Å². The lowest BCUT2D eigenvalue weighted by atomic mass is 10.3. The van der Waals surface area contributed by atoms with Gasteiger partial charge in [0, 0.05) is 0 Å². The number of allylic oxidation sites excluding steroid dienone is 1. The molecule has 50 valence electrons. The van der Waals surface area contributed by atoms with Gasteiger partial charge in [0.1, 0.15) is 6.10 Å². The third kappa shape index (κ3) is 1.45. The summed E-state index contributed by atoms with van der Waals surface area (Å²) in [5.41, 5.74) is 0. The number of carbonyl (C=O) groups is 1. The summed E-state index contributed by atoms with van der Waals surface area (Å²) in [5.74, 6) is 0. The van der Waals surface area contributed by atoms with Crippen LogP contribution in [0.5, 0.6) is 0 Å². The Morgan fingerprint density at radius 2 is 2.67 bits per heavy atom. The van der Waals surface area contributed by atoms with Crippen molar-refractivity contribution in [1.29, 1.82) is 0 Å². The lowest BCUT2D eigenvalue weighted by molar-refractivity contribution is 0.158. The van der Waals surface area contributed by atoms with Crippen LogP contribution in [0.15, 0.2) is 12.2 Å². The summed E-state index contributed by atoms with van der Waals surface area (Å²) in [7, 11) is 0. The molecule has 0 spiro atoms. The molecule has 0 aromatic carbocycles. The van der Waals surface area contributed by atoms with Gasteiger partial charge in [0.2, 0.25) is 0 Å². The highest BCUT2D eigenvalue weighted by Crippen LogP contribution is 2.00. The highest BCUT2D eigenvalue weighted by atomic mass is 16.6. The van der Waals surface area contributed by atoms with E-state index in [1.54, 1.807) is 0 Å². The SMILES string of the molecule is C/C=C/C1CNC(=O)O1. The first kappa shape index (κ1) is 6.13. The minimum Gasteiger partial charge on any atom is -0.440 e. The van der Waals surface area contributed by atoms with E-state index in [2.05, 4.69) is 5.32 Å². The van der Waals surface area contributed by atoms with Crippen molar-refractivity contribution in [3.8, 4) is 0 Å². The second kappa shape index (κ2) is 2.53. The van der Waals surface area contributed by atoms with Crippen LogP contribution in [0.4, 0.5) is 4.79 Å². The molecule has 1 aliphatic rings. The van der Waals surface area contributed by atoms with Gasteiger partial charge in [0.15, 0.2) is 0 Å². The van der Waals surface area contributed by atoms with E-state index >= 15 is 0 Å². The number of ether oxygens (including phenoxy) is 1. The number of rotatable bonds is 1. The quantitative estimate of drug-likeness (QED) is 0.526. The third-order valence-electron chi connectivity index (χ3n) is 1.11. The molecule has 1 unspecified atom stereocenters. The van der Waals surface area contributed by atoms with Crippen molar-refractivity contribution in [2.45, 2.75) is 13.0 Å². The minimum atomic E-state index is -0.321. The zero-order chi connectivity index (χ0) is 6.69. The van der Waals surface area contributed by atoms with Crippen molar-refractivity contribution in [3.05, 3.63) is 12.2 Å². The van der Waals surface area contributed by atoms with E-state index in [0.717, 1.165) is 0 Å². The molecule has 3 heteroatoms. The average molecular weight is 127 g/mol. The smallest absolute Gasteiger partial charge is 0.407 e. The molecular weight excluding hydrogens is 118 g/mol. The number of hydrogen-bond acceptors (Lipinski definition) is 2. The van der Waals surface area contributed by atoms with Gasteiger partial charge >= 0.3 is 6.09 Å². The van der Waals surface area contributed by atoms with Gasteiger partial charge in [-0.15, -0.1) is 0 Å². The molecule has 1 heterocycles. The van der Waals surface area contributed by atoms with Gasteiger partial charge in [-0.25, -0.2) is 4.79 Å². The molecule has 1 fully saturated rings. The van der Waals surface area contributed by atoms with Gasteiger partial charge < -0.3 is 10.1 Å². The molecular formula is C6H9NO2. The Balaban J connectivity index is 2.39. The summed E-state index contributed by atoms with van der Waals surface area (Å²) in [6, 6.07) is 0. The summed E-state index contributed by atoms with van der Waals surface area (Å²) >= 11 is 0. The van der Waals surface area contributed by atoms with E-state index in [1.807, 2.05) is 19.1 Å². The fourth-order valence-electron chi connectivity index (χ4n) is 0.727. The molecule has 0 bridgehead atoms. The number of carbonyl (C=O) groups excluding carboxylic acids is 1. The summed E-state index contributed by atoms with van der Waals surface area (Å²) in [5, 5.41) is 2.54. The van der Waals surface area contributed by atoms with Crippen LogP contribution in [0.25, 0.3) is 0 Å². The van der Waals surface area contributed by atoms with E-state index < -0.39 is 0 Å². The van der Waals surface area contributed by atoms with Crippen molar-refractivity contribution >= 4 is 6.09 Å². The van der Waals surface area contributed by atoms with E-state index in [9.17, 15) is 4.79 Å². The Morgan fingerprint density at radius 3 is 3.11 bits per heavy atom. The van der Waals surface area contributed by atoms with Crippen molar-refractivity contribution in [2.24, 2.45) is 0 Å². The van der Waals surface area contributed by atoms with Crippen LogP contribution in [0.2, 0.25) is 0 Å². The van der Waals surface area contributed by atoms with E-state index in [4.69, 9.17) is 4.74 Å². The molecule has 1 amide bonds. The number of alkyl carbamates (subject to hydrolysis) is 1. The van der Waals surface area contributed by atoms with Crippen molar-refractivity contribution in [3.63, 3.8) is 0 Å². The molecule has 3 nitrogen and oxygen atoms in total. The van der Waals surface area contributed by atoms with Gasteiger partial charge in [0.05, 0.1) is 6.54 Å². The highest BCUT2D eigenvalue weighted by Gasteiger charge is 2.18. The Bertz CT molecular complexity index is 142. The predicted octanol–water partition coefficient (Wildman–Crippen LogP) is 0.671. The van der Waals surface area contributed by atoms with Gasteiger partial charge in [-0.05, 0) is 13.0 Å². The van der Waals surface area contributed by atoms with E-state index in [0.29, 0.717) is 6.54 Å². The van der Waals surface area contributed by atoms with Crippen LogP contribution in [0, 0.1) is 0 Å². The summed E-state index contributed by atoms with van der Waals surface area (Å²) < 4.78 is 4.76. The van der Waals surface area contributed by atoms with Crippen LogP contribution in [0.1, 0.15) is 6.92 Å². The van der Waals surface area contributed by atoms with Crippen LogP contribution >= 0.6 is 0 Å². The first-order valence-corrected chi connectivity index (χ1v) is 2.90. The monoisotopic (exact) mass is 127 g/mol. The fourth-order valence-corrected chi connectivity index (χ4v) is 0.727. The molecule has 9 heavy (non-hydrogen) atoms. The largest absolute Gasteiger partial charge is 0.440 e. The standard InChI is InChI=1S/C6H9NO2/c1-2-3-5-4-7-6(8)9-5/h2-3,5H,4H2,1H3,(H,7,8)/b3-2+. The summed E-state index contributed by atoms with van der Waals surface area (Å²) in [6.07, 6.45) is 3.34. The lowest BCUT2D eigenvalue weighted by Crippen LogP contribution is -2.13. The zero-order valence-corrected chi connectivity index (χ0v) is 5.26. The Hall–Kier alpha value is -0.990.